The van der Waals surface area contributed by atoms with Gasteiger partial charge in [0.05, 0.1) is 18.6 Å². The zero-order valence-electron chi connectivity index (χ0n) is 16.7. The zero-order valence-corrected chi connectivity index (χ0v) is 16.7. The van der Waals surface area contributed by atoms with Crippen LogP contribution in [0.25, 0.3) is 11.0 Å². The fourth-order valence-corrected chi connectivity index (χ4v) is 4.97. The van der Waals surface area contributed by atoms with Gasteiger partial charge in [-0.25, -0.2) is 4.98 Å². The van der Waals surface area contributed by atoms with Gasteiger partial charge < -0.3 is 25.4 Å². The number of carboxylic acids is 1. The van der Waals surface area contributed by atoms with E-state index in [0.717, 1.165) is 31.1 Å². The van der Waals surface area contributed by atoms with Crippen LogP contribution < -0.4 is 5.73 Å². The molecule has 1 saturated heterocycles. The molecule has 0 aromatic carbocycles. The van der Waals surface area contributed by atoms with Crippen LogP contribution in [-0.2, 0) is 9.59 Å². The summed E-state index contributed by atoms with van der Waals surface area (Å²) < 4.78 is 1.78. The zero-order chi connectivity index (χ0) is 21.5. The van der Waals surface area contributed by atoms with Gasteiger partial charge in [-0.2, -0.15) is 0 Å². The highest BCUT2D eigenvalue weighted by atomic mass is 16.4. The van der Waals surface area contributed by atoms with Crippen LogP contribution in [0.4, 0.5) is 0 Å². The van der Waals surface area contributed by atoms with Gasteiger partial charge in [0.2, 0.25) is 5.91 Å². The summed E-state index contributed by atoms with van der Waals surface area (Å²) in [6, 6.07) is 4.74. The Morgan fingerprint density at radius 1 is 1.13 bits per heavy atom. The van der Waals surface area contributed by atoms with Gasteiger partial charge >= 0.3 is 5.97 Å². The summed E-state index contributed by atoms with van der Waals surface area (Å²) in [6.45, 7) is 0.483. The molecule has 0 radical (unpaired) electrons. The third kappa shape index (κ3) is 3.77. The van der Waals surface area contributed by atoms with Crippen molar-refractivity contribution in [1.82, 2.24) is 14.5 Å². The number of amides is 2. The minimum absolute atomic E-state index is 0.000610. The van der Waals surface area contributed by atoms with E-state index in [1.165, 1.54) is 0 Å². The van der Waals surface area contributed by atoms with Gasteiger partial charge in [-0.05, 0) is 36.5 Å². The summed E-state index contributed by atoms with van der Waals surface area (Å²) in [5.41, 5.74) is 5.52. The normalized spacial score (nSPS) is 23.2. The van der Waals surface area contributed by atoms with Crippen LogP contribution in [0.1, 0.15) is 55.1 Å². The molecule has 2 fully saturated rings. The van der Waals surface area contributed by atoms with Gasteiger partial charge in [0, 0.05) is 31.1 Å². The number of hydrogen-bond acceptors (Lipinski definition) is 5. The van der Waals surface area contributed by atoms with Crippen LogP contribution in [0.15, 0.2) is 24.4 Å². The number of aliphatic hydroxyl groups excluding tert-OH is 1. The highest BCUT2D eigenvalue weighted by Crippen LogP contribution is 2.44. The molecule has 3 heterocycles. The lowest BCUT2D eigenvalue weighted by molar-refractivity contribution is -0.141. The monoisotopic (exact) mass is 414 g/mol. The molecule has 1 aliphatic carbocycles. The molecule has 9 heteroatoms. The minimum Gasteiger partial charge on any atom is -0.481 e. The van der Waals surface area contributed by atoms with Gasteiger partial charge in [0.15, 0.2) is 0 Å². The number of aromatic nitrogens is 2. The fourth-order valence-electron chi connectivity index (χ4n) is 4.97. The summed E-state index contributed by atoms with van der Waals surface area (Å²) in [5.74, 6) is -1.63. The number of carboxylic acid groups (broad SMARTS) is 1. The topological polar surface area (TPSA) is 139 Å². The Balaban J connectivity index is 1.53. The second-order valence-electron chi connectivity index (χ2n) is 8.58. The second kappa shape index (κ2) is 7.71. The molecule has 2 atom stereocenters. The third-order valence-corrected chi connectivity index (χ3v) is 6.50. The highest BCUT2D eigenvalue weighted by molar-refractivity contribution is 5.93. The molecular weight excluding hydrogens is 388 g/mol. The van der Waals surface area contributed by atoms with Crippen LogP contribution >= 0.6 is 0 Å². The quantitative estimate of drug-likeness (QED) is 0.651. The first kappa shape index (κ1) is 20.3. The van der Waals surface area contributed by atoms with Gasteiger partial charge in [0.1, 0.15) is 11.3 Å². The van der Waals surface area contributed by atoms with E-state index in [1.54, 1.807) is 27.8 Å². The summed E-state index contributed by atoms with van der Waals surface area (Å²) in [7, 11) is 0. The molecule has 1 aliphatic heterocycles. The van der Waals surface area contributed by atoms with Crippen molar-refractivity contribution in [3.63, 3.8) is 0 Å². The largest absolute Gasteiger partial charge is 0.481 e. The lowest BCUT2D eigenvalue weighted by atomic mass is 9.79. The Morgan fingerprint density at radius 2 is 1.87 bits per heavy atom. The Hall–Kier alpha value is -2.94. The predicted molar refractivity (Wildman–Crippen MR) is 108 cm³/mol. The van der Waals surface area contributed by atoms with Crippen molar-refractivity contribution in [2.45, 2.75) is 50.7 Å². The number of rotatable bonds is 6. The van der Waals surface area contributed by atoms with Gasteiger partial charge in [-0.3, -0.25) is 14.4 Å². The number of primary amides is 1. The Labute approximate surface area is 173 Å². The first-order valence-corrected chi connectivity index (χ1v) is 10.2. The maximum atomic E-state index is 13.0. The van der Waals surface area contributed by atoms with Crippen LogP contribution in [-0.4, -0.2) is 61.6 Å². The summed E-state index contributed by atoms with van der Waals surface area (Å²) in [5, 5.41) is 20.7. The van der Waals surface area contributed by atoms with E-state index in [4.69, 9.17) is 5.73 Å². The molecular formula is C21H26N4O5. The van der Waals surface area contributed by atoms with Gasteiger partial charge in [0.25, 0.3) is 5.91 Å². The molecule has 0 spiro atoms. The van der Waals surface area contributed by atoms with E-state index < -0.39 is 29.4 Å². The molecule has 4 rings (SSSR count). The Kier molecular flexibility index (Phi) is 5.23. The number of hydrogen-bond donors (Lipinski definition) is 3. The lowest BCUT2D eigenvalue weighted by Gasteiger charge is -2.29. The van der Waals surface area contributed by atoms with E-state index in [-0.39, 0.29) is 31.0 Å². The average Bonchev–Trinajstić information content (AvgIpc) is 3.39. The highest BCUT2D eigenvalue weighted by Gasteiger charge is 2.42. The molecule has 2 aromatic rings. The Bertz CT molecular complexity index is 994. The number of nitrogens with zero attached hydrogens (tertiary/aromatic N) is 3. The van der Waals surface area contributed by atoms with E-state index >= 15 is 0 Å². The molecule has 2 aliphatic rings. The summed E-state index contributed by atoms with van der Waals surface area (Å²) >= 11 is 0. The first-order valence-electron chi connectivity index (χ1n) is 10.2. The van der Waals surface area contributed by atoms with Crippen molar-refractivity contribution in [3.05, 3.63) is 30.1 Å². The summed E-state index contributed by atoms with van der Waals surface area (Å²) in [6.07, 6.45) is 4.55. The molecule has 2 amide bonds. The lowest BCUT2D eigenvalue weighted by Crippen LogP contribution is -2.35. The van der Waals surface area contributed by atoms with Crippen LogP contribution in [0.5, 0.6) is 0 Å². The van der Waals surface area contributed by atoms with Crippen molar-refractivity contribution in [3.8, 4) is 0 Å². The van der Waals surface area contributed by atoms with E-state index in [1.807, 2.05) is 6.07 Å². The van der Waals surface area contributed by atoms with E-state index in [9.17, 15) is 24.6 Å². The number of carbonyl (C=O) groups is 3. The van der Waals surface area contributed by atoms with Crippen molar-refractivity contribution >= 4 is 28.8 Å². The molecule has 1 saturated carbocycles. The molecule has 0 unspecified atom stereocenters. The number of aliphatic hydroxyl groups is 1. The molecule has 9 nitrogen and oxygen atoms in total. The fraction of sp³-hybridized carbons (Fsp3) is 0.524. The van der Waals surface area contributed by atoms with Crippen LogP contribution in [0.3, 0.4) is 0 Å². The average molecular weight is 414 g/mol. The van der Waals surface area contributed by atoms with Crippen LogP contribution in [0, 0.1) is 5.41 Å². The minimum atomic E-state index is -0.876. The van der Waals surface area contributed by atoms with Gasteiger partial charge in [-0.15, -0.1) is 0 Å². The maximum Gasteiger partial charge on any atom is 0.303 e. The second-order valence-corrected chi connectivity index (χ2v) is 8.58. The molecule has 160 valence electrons. The summed E-state index contributed by atoms with van der Waals surface area (Å²) in [4.78, 5) is 41.7. The molecule has 4 N–H and O–H groups in total. The molecule has 2 aromatic heterocycles. The van der Waals surface area contributed by atoms with E-state index in [0.29, 0.717) is 12.2 Å². The van der Waals surface area contributed by atoms with Crippen LogP contribution in [0.2, 0.25) is 0 Å². The third-order valence-electron chi connectivity index (χ3n) is 6.50. The smallest absolute Gasteiger partial charge is 0.303 e. The van der Waals surface area contributed by atoms with Gasteiger partial charge in [-0.1, -0.05) is 12.8 Å². The van der Waals surface area contributed by atoms with Crippen molar-refractivity contribution < 1.29 is 24.6 Å². The number of aliphatic carboxylic acids is 1. The molecule has 0 bridgehead atoms. The van der Waals surface area contributed by atoms with Crippen molar-refractivity contribution in [1.29, 1.82) is 0 Å². The number of carbonyl (C=O) groups excluding carboxylic acids is 2. The predicted octanol–water partition coefficient (Wildman–Crippen LogP) is 1.30. The Morgan fingerprint density at radius 3 is 2.53 bits per heavy atom. The van der Waals surface area contributed by atoms with Crippen molar-refractivity contribution in [2.75, 3.05) is 13.1 Å². The number of β-amino-alcohol motifs (C(OH)–C–C–N with tert-alkyl or cyclic N) is 1. The number of fused-ring (bicyclic) bond motifs is 1. The van der Waals surface area contributed by atoms with Crippen molar-refractivity contribution in [2.24, 2.45) is 11.1 Å². The van der Waals surface area contributed by atoms with E-state index in [2.05, 4.69) is 4.98 Å². The SMILES string of the molecule is NC(=O)c1ccc2ccn([C@@H]3CN(C(=O)CC4(CC(=O)O)CCCC4)C[C@H]3O)c2n1. The standard InChI is InChI=1S/C21H26N4O5/c22-19(30)14-4-3-13-5-8-25(20(13)23-14)15-11-24(12-16(15)26)17(27)9-21(10-18(28)29)6-1-2-7-21/h3-5,8,15-16,26H,1-2,6-7,9-12H2,(H2,22,30)(H,28,29)/t15-,16-/m1/s1. The number of likely N-dealkylation sites (tertiary alicyclic amines) is 1. The molecule has 30 heavy (non-hydrogen) atoms. The number of pyridine rings is 1. The maximum absolute atomic E-state index is 13.0. The number of nitrogens with two attached hydrogens (primary N) is 1. The first-order chi connectivity index (χ1) is 14.3.